The first kappa shape index (κ1) is 26.5. The van der Waals surface area contributed by atoms with Crippen LogP contribution in [0.2, 0.25) is 0 Å². The Balaban J connectivity index is 1.38. The van der Waals surface area contributed by atoms with Crippen molar-refractivity contribution in [2.24, 2.45) is 0 Å². The predicted molar refractivity (Wildman–Crippen MR) is 156 cm³/mol. The lowest BCUT2D eigenvalue weighted by atomic mass is 9.89. The van der Waals surface area contributed by atoms with E-state index in [1.165, 1.54) is 18.5 Å². The molecule has 7 rings (SSSR count). The number of pyridine rings is 1. The van der Waals surface area contributed by atoms with Crippen LogP contribution < -0.4 is 10.2 Å². The Kier molecular flexibility index (Phi) is 6.83. The number of hydrogen-bond acceptors (Lipinski definition) is 7. The van der Waals surface area contributed by atoms with Gasteiger partial charge >= 0.3 is 0 Å². The van der Waals surface area contributed by atoms with Crippen molar-refractivity contribution in [2.75, 3.05) is 25.2 Å². The number of nitrogens with one attached hydrogen (secondary N) is 1. The minimum Gasteiger partial charge on any atom is -0.391 e. The van der Waals surface area contributed by atoms with Crippen molar-refractivity contribution < 1.29 is 19.0 Å². The Bertz CT molecular complexity index is 1760. The van der Waals surface area contributed by atoms with Crippen LogP contribution in [0.4, 0.5) is 10.2 Å². The molecule has 1 unspecified atom stereocenters. The highest BCUT2D eigenvalue weighted by Crippen LogP contribution is 2.36. The van der Waals surface area contributed by atoms with Gasteiger partial charge in [0.2, 0.25) is 0 Å². The molecule has 5 heterocycles. The van der Waals surface area contributed by atoms with Gasteiger partial charge in [-0.1, -0.05) is 30.3 Å². The van der Waals surface area contributed by atoms with Crippen LogP contribution >= 0.6 is 0 Å². The number of carbonyl (C=O) groups excluding carboxylic acids is 1. The molecule has 216 valence electrons. The highest BCUT2D eigenvalue weighted by molar-refractivity contribution is 6.01. The molecule has 0 spiro atoms. The number of aliphatic hydroxyl groups is 1. The maximum atomic E-state index is 14.6. The standard InChI is InChI=1S/C31H32FN7O3/c1-37(17-19-5-3-2-4-6-19)28-14-26(35-30-23(16-34-39(28)30)31(41)36-25-7-8-27(25)40)24-18-38(21-9-11-42-12-10-21)29-22(24)13-20(32)15-33-29/h2-6,13-16,18,21,25,27,40H,7-12,17H2,1H3,(H,36,41)/t25?,27-/m0/s1. The fourth-order valence-electron chi connectivity index (χ4n) is 5.90. The van der Waals surface area contributed by atoms with E-state index in [1.54, 1.807) is 4.52 Å². The van der Waals surface area contributed by atoms with Gasteiger partial charge in [0.15, 0.2) is 5.65 Å². The minimum atomic E-state index is -0.550. The zero-order valence-electron chi connectivity index (χ0n) is 23.3. The third-order valence-corrected chi connectivity index (χ3v) is 8.40. The number of benzene rings is 1. The van der Waals surface area contributed by atoms with E-state index < -0.39 is 11.9 Å². The summed E-state index contributed by atoms with van der Waals surface area (Å²) in [4.78, 5) is 24.8. The molecule has 1 aromatic carbocycles. The summed E-state index contributed by atoms with van der Waals surface area (Å²) in [5.74, 6) is -0.0511. The first-order valence-electron chi connectivity index (χ1n) is 14.3. The van der Waals surface area contributed by atoms with E-state index in [9.17, 15) is 14.3 Å². The van der Waals surface area contributed by atoms with Crippen molar-refractivity contribution in [1.29, 1.82) is 0 Å². The molecule has 10 nitrogen and oxygen atoms in total. The summed E-state index contributed by atoms with van der Waals surface area (Å²) in [6, 6.07) is 13.4. The number of amides is 1. The third-order valence-electron chi connectivity index (χ3n) is 8.40. The molecule has 2 N–H and O–H groups in total. The molecule has 1 saturated carbocycles. The number of nitrogens with zero attached hydrogens (tertiary/aromatic N) is 6. The van der Waals surface area contributed by atoms with Gasteiger partial charge in [0, 0.05) is 56.1 Å². The van der Waals surface area contributed by atoms with E-state index in [1.807, 2.05) is 42.4 Å². The van der Waals surface area contributed by atoms with Crippen molar-refractivity contribution in [3.8, 4) is 11.3 Å². The highest BCUT2D eigenvalue weighted by atomic mass is 19.1. The molecule has 1 aliphatic carbocycles. The van der Waals surface area contributed by atoms with Crippen LogP contribution in [-0.2, 0) is 11.3 Å². The average molecular weight is 570 g/mol. The molecule has 0 bridgehead atoms. The van der Waals surface area contributed by atoms with E-state index in [0.717, 1.165) is 36.2 Å². The maximum Gasteiger partial charge on any atom is 0.257 e. The van der Waals surface area contributed by atoms with Crippen LogP contribution in [0.15, 0.2) is 61.1 Å². The number of ether oxygens (including phenoxy) is 1. The molecule has 2 atom stereocenters. The quantitative estimate of drug-likeness (QED) is 0.303. The van der Waals surface area contributed by atoms with Crippen molar-refractivity contribution in [3.05, 3.63) is 78.0 Å². The first-order chi connectivity index (χ1) is 20.5. The van der Waals surface area contributed by atoms with Gasteiger partial charge in [0.1, 0.15) is 22.8 Å². The maximum absolute atomic E-state index is 14.6. The highest BCUT2D eigenvalue weighted by Gasteiger charge is 2.32. The topological polar surface area (TPSA) is 110 Å². The summed E-state index contributed by atoms with van der Waals surface area (Å²) >= 11 is 0. The Morgan fingerprint density at radius 3 is 2.67 bits per heavy atom. The van der Waals surface area contributed by atoms with E-state index in [4.69, 9.17) is 9.72 Å². The molecule has 4 aromatic heterocycles. The molecule has 1 amide bonds. The molecular weight excluding hydrogens is 537 g/mol. The van der Waals surface area contributed by atoms with Crippen LogP contribution in [0.5, 0.6) is 0 Å². The number of halogens is 1. The summed E-state index contributed by atoms with van der Waals surface area (Å²) in [7, 11) is 1.96. The van der Waals surface area contributed by atoms with Gasteiger partial charge in [-0.05, 0) is 37.3 Å². The molecule has 1 aliphatic heterocycles. The van der Waals surface area contributed by atoms with Crippen LogP contribution in [0.3, 0.4) is 0 Å². The molecule has 2 aliphatic rings. The summed E-state index contributed by atoms with van der Waals surface area (Å²) in [6.07, 6.45) is 7.25. The summed E-state index contributed by atoms with van der Waals surface area (Å²) in [6.45, 7) is 1.90. The zero-order valence-corrected chi connectivity index (χ0v) is 23.3. The second-order valence-electron chi connectivity index (χ2n) is 11.2. The molecule has 5 aromatic rings. The van der Waals surface area contributed by atoms with E-state index in [-0.39, 0.29) is 18.0 Å². The number of anilines is 1. The molecule has 1 saturated heterocycles. The second-order valence-corrected chi connectivity index (χ2v) is 11.2. The van der Waals surface area contributed by atoms with Crippen LogP contribution in [0, 0.1) is 5.82 Å². The van der Waals surface area contributed by atoms with Gasteiger partial charge in [-0.25, -0.2) is 14.4 Å². The van der Waals surface area contributed by atoms with Gasteiger partial charge in [-0.15, -0.1) is 0 Å². The van der Waals surface area contributed by atoms with E-state index in [0.29, 0.717) is 54.1 Å². The summed E-state index contributed by atoms with van der Waals surface area (Å²) in [5.41, 5.74) is 3.79. The van der Waals surface area contributed by atoms with Crippen LogP contribution in [0.25, 0.3) is 27.9 Å². The fourth-order valence-corrected chi connectivity index (χ4v) is 5.90. The lowest BCUT2D eigenvalue weighted by Crippen LogP contribution is -2.50. The van der Waals surface area contributed by atoms with Gasteiger partial charge in [-0.3, -0.25) is 4.79 Å². The van der Waals surface area contributed by atoms with Crippen molar-refractivity contribution in [1.82, 2.24) is 29.5 Å². The molecule has 2 fully saturated rings. The molecular formula is C31H32FN7O3. The Hall–Kier alpha value is -4.35. The Labute approximate surface area is 241 Å². The molecule has 42 heavy (non-hydrogen) atoms. The lowest BCUT2D eigenvalue weighted by Gasteiger charge is -2.32. The number of hydrogen-bond donors (Lipinski definition) is 2. The van der Waals surface area contributed by atoms with Gasteiger partial charge in [0.05, 0.1) is 30.2 Å². The average Bonchev–Trinajstić information content (AvgIpc) is 3.61. The number of fused-ring (bicyclic) bond motifs is 2. The van der Waals surface area contributed by atoms with Gasteiger partial charge < -0.3 is 24.6 Å². The zero-order chi connectivity index (χ0) is 28.8. The van der Waals surface area contributed by atoms with Crippen molar-refractivity contribution in [3.63, 3.8) is 0 Å². The lowest BCUT2D eigenvalue weighted by molar-refractivity contribution is 0.0448. The number of aromatic nitrogens is 5. The summed E-state index contributed by atoms with van der Waals surface area (Å²) < 4.78 is 23.9. The molecule has 11 heteroatoms. The minimum absolute atomic E-state index is 0.169. The van der Waals surface area contributed by atoms with Crippen LogP contribution in [0.1, 0.15) is 47.6 Å². The van der Waals surface area contributed by atoms with Crippen LogP contribution in [-0.4, -0.2) is 67.6 Å². The molecule has 0 radical (unpaired) electrons. The smallest absolute Gasteiger partial charge is 0.257 e. The van der Waals surface area contributed by atoms with E-state index >= 15 is 0 Å². The van der Waals surface area contributed by atoms with Crippen molar-refractivity contribution in [2.45, 2.75) is 50.4 Å². The number of aliphatic hydroxyl groups excluding tert-OH is 1. The number of rotatable bonds is 7. The predicted octanol–water partition coefficient (Wildman–Crippen LogP) is 4.13. The van der Waals surface area contributed by atoms with Crippen molar-refractivity contribution >= 4 is 28.4 Å². The normalized spacial score (nSPS) is 19.2. The summed E-state index contributed by atoms with van der Waals surface area (Å²) in [5, 5.41) is 18.2. The van der Waals surface area contributed by atoms with Gasteiger partial charge in [0.25, 0.3) is 5.91 Å². The third kappa shape index (κ3) is 4.78. The first-order valence-corrected chi connectivity index (χ1v) is 14.3. The fraction of sp³-hybridized carbons (Fsp3) is 0.355. The monoisotopic (exact) mass is 569 g/mol. The van der Waals surface area contributed by atoms with Gasteiger partial charge in [-0.2, -0.15) is 9.61 Å². The largest absolute Gasteiger partial charge is 0.391 e. The number of carbonyl (C=O) groups is 1. The SMILES string of the molecule is CN(Cc1ccccc1)c1cc(-c2cn(C3CCOCC3)c3ncc(F)cc23)nc2c(C(=O)NC3CC[C@@H]3O)cnn12. The Morgan fingerprint density at radius 2 is 1.93 bits per heavy atom. The second kappa shape index (κ2) is 10.8. The Morgan fingerprint density at radius 1 is 1.12 bits per heavy atom. The van der Waals surface area contributed by atoms with E-state index in [2.05, 4.69) is 32.1 Å².